The van der Waals surface area contributed by atoms with Gasteiger partial charge in [-0.1, -0.05) is 51.4 Å². The number of rotatable bonds is 5. The van der Waals surface area contributed by atoms with Crippen LogP contribution in [0.15, 0.2) is 18.2 Å². The molecule has 2 aliphatic heterocycles. The van der Waals surface area contributed by atoms with Crippen molar-refractivity contribution in [1.29, 1.82) is 0 Å². The number of fused-ring (bicyclic) bond motifs is 3. The van der Waals surface area contributed by atoms with Crippen molar-refractivity contribution in [2.24, 2.45) is 5.41 Å². The second kappa shape index (κ2) is 10.0. The Morgan fingerprint density at radius 3 is 2.60 bits per heavy atom. The highest BCUT2D eigenvalue weighted by molar-refractivity contribution is 6.76. The Balaban J connectivity index is 1.43. The number of amides is 1. The number of anilines is 2. The molecule has 1 aliphatic carbocycles. The van der Waals surface area contributed by atoms with Gasteiger partial charge in [0.15, 0.2) is 5.82 Å². The number of carbonyl (C=O) groups is 1. The van der Waals surface area contributed by atoms with E-state index in [2.05, 4.69) is 42.0 Å². The first kappa shape index (κ1) is 24.5. The van der Waals surface area contributed by atoms with Gasteiger partial charge in [-0.15, -0.1) is 0 Å². The number of aromatic nitrogens is 3. The van der Waals surface area contributed by atoms with Gasteiger partial charge in [0.2, 0.25) is 5.91 Å². The molecule has 0 saturated heterocycles. The van der Waals surface area contributed by atoms with Crippen LogP contribution in [0.5, 0.6) is 0 Å². The fourth-order valence-corrected chi connectivity index (χ4v) is 6.66. The molecule has 8 heteroatoms. The summed E-state index contributed by atoms with van der Waals surface area (Å²) in [5.41, 5.74) is 3.16. The lowest BCUT2D eigenvalue weighted by Crippen LogP contribution is -2.40. The molecular weight excluding hydrogens is 454 g/mol. The van der Waals surface area contributed by atoms with Crippen LogP contribution < -0.4 is 5.32 Å². The second-order valence-corrected chi connectivity index (χ2v) is 17.6. The summed E-state index contributed by atoms with van der Waals surface area (Å²) in [6, 6.07) is 7.32. The van der Waals surface area contributed by atoms with Crippen molar-refractivity contribution in [1.82, 2.24) is 19.7 Å². The Bertz CT molecular complexity index is 1050. The van der Waals surface area contributed by atoms with Crippen LogP contribution in [0, 0.1) is 5.41 Å². The summed E-state index contributed by atoms with van der Waals surface area (Å²) < 4.78 is 8.04. The van der Waals surface area contributed by atoms with E-state index in [1.54, 1.807) is 0 Å². The van der Waals surface area contributed by atoms with Gasteiger partial charge in [-0.05, 0) is 50.3 Å². The van der Waals surface area contributed by atoms with E-state index in [0.29, 0.717) is 25.7 Å². The zero-order chi connectivity index (χ0) is 24.5. The maximum atomic E-state index is 14.0. The molecule has 7 nitrogen and oxygen atoms in total. The van der Waals surface area contributed by atoms with E-state index in [9.17, 15) is 4.79 Å². The summed E-state index contributed by atoms with van der Waals surface area (Å²) in [7, 11) is -1.15. The first-order valence-corrected chi connectivity index (χ1v) is 17.2. The lowest BCUT2D eigenvalue weighted by molar-refractivity contribution is -0.143. The topological polar surface area (TPSA) is 72.3 Å². The molecule has 0 unspecified atom stereocenters. The van der Waals surface area contributed by atoms with Gasteiger partial charge in [0.05, 0.1) is 18.8 Å². The van der Waals surface area contributed by atoms with E-state index in [1.807, 2.05) is 10.7 Å². The molecule has 4 heterocycles. The maximum Gasteiger partial charge on any atom is 0.229 e. The minimum atomic E-state index is -1.15. The molecule has 2 aromatic rings. The Labute approximate surface area is 210 Å². The third-order valence-corrected chi connectivity index (χ3v) is 9.71. The van der Waals surface area contributed by atoms with Gasteiger partial charge in [0, 0.05) is 31.4 Å². The van der Waals surface area contributed by atoms with Crippen molar-refractivity contribution in [3.8, 4) is 0 Å². The average Bonchev–Trinajstić information content (AvgIpc) is 3.53. The molecule has 4 bridgehead atoms. The van der Waals surface area contributed by atoms with E-state index < -0.39 is 8.07 Å². The van der Waals surface area contributed by atoms with E-state index in [4.69, 9.17) is 14.8 Å². The van der Waals surface area contributed by atoms with Gasteiger partial charge in [0.25, 0.3) is 0 Å². The molecule has 5 rings (SSSR count). The van der Waals surface area contributed by atoms with Crippen molar-refractivity contribution in [3.63, 3.8) is 0 Å². The number of aryl methyl sites for hydroxylation is 1. The fraction of sp³-hybridized carbons (Fsp3) is 0.667. The molecule has 2 aromatic heterocycles. The Hall–Kier alpha value is -2.19. The number of hydrogen-bond acceptors (Lipinski definition) is 5. The molecule has 1 spiro atoms. The van der Waals surface area contributed by atoms with Gasteiger partial charge in [-0.2, -0.15) is 5.10 Å². The monoisotopic (exact) mass is 495 g/mol. The smallest absolute Gasteiger partial charge is 0.229 e. The molecule has 0 radical (unpaired) electrons. The van der Waals surface area contributed by atoms with E-state index in [1.165, 1.54) is 12.8 Å². The Kier molecular flexibility index (Phi) is 7.03. The van der Waals surface area contributed by atoms with Crippen molar-refractivity contribution < 1.29 is 9.53 Å². The number of nitrogens with one attached hydrogen (secondary N) is 1. The van der Waals surface area contributed by atoms with Crippen LogP contribution in [0.25, 0.3) is 0 Å². The average molecular weight is 496 g/mol. The first-order chi connectivity index (χ1) is 16.8. The second-order valence-electron chi connectivity index (χ2n) is 12.0. The minimum absolute atomic E-state index is 0.167. The van der Waals surface area contributed by atoms with Gasteiger partial charge in [0.1, 0.15) is 12.5 Å². The fourth-order valence-electron chi connectivity index (χ4n) is 5.90. The highest BCUT2D eigenvalue weighted by Crippen LogP contribution is 2.46. The van der Waals surface area contributed by atoms with Crippen LogP contribution in [-0.2, 0) is 35.8 Å². The standard InChI is InChI=1S/C27H41N5O2Si/c1-35(2,3)17-16-34-20-32-23-19-31-18-22(23)25(30-32)29-24-12-9-11-21(28-24)10-5-4-6-13-27(26(31)33)14-7-8-15-27/h9,11-12H,4-8,10,13-20H2,1-3H3,(H,28,29,30). The summed E-state index contributed by atoms with van der Waals surface area (Å²) >= 11 is 0. The summed E-state index contributed by atoms with van der Waals surface area (Å²) in [5, 5.41) is 8.37. The lowest BCUT2D eigenvalue weighted by atomic mass is 9.79. The van der Waals surface area contributed by atoms with E-state index >= 15 is 0 Å². The number of hydrogen-bond donors (Lipinski definition) is 1. The number of ether oxygens (including phenoxy) is 1. The third kappa shape index (κ3) is 5.48. The molecule has 0 atom stereocenters. The molecule has 3 aliphatic rings. The molecule has 1 fully saturated rings. The van der Waals surface area contributed by atoms with E-state index in [0.717, 1.165) is 86.2 Å². The third-order valence-electron chi connectivity index (χ3n) is 8.01. The molecule has 1 saturated carbocycles. The van der Waals surface area contributed by atoms with Crippen LogP contribution >= 0.6 is 0 Å². The number of nitrogens with zero attached hydrogens (tertiary/aromatic N) is 4. The van der Waals surface area contributed by atoms with Crippen molar-refractivity contribution in [2.45, 2.75) is 103 Å². The first-order valence-electron chi connectivity index (χ1n) is 13.5. The van der Waals surface area contributed by atoms with Crippen LogP contribution in [0.1, 0.15) is 68.3 Å². The summed E-state index contributed by atoms with van der Waals surface area (Å²) in [4.78, 5) is 20.9. The lowest BCUT2D eigenvalue weighted by Gasteiger charge is -2.32. The molecule has 1 N–H and O–H groups in total. The van der Waals surface area contributed by atoms with Crippen molar-refractivity contribution in [2.75, 3.05) is 11.9 Å². The van der Waals surface area contributed by atoms with Crippen molar-refractivity contribution in [3.05, 3.63) is 35.2 Å². The Morgan fingerprint density at radius 1 is 1.06 bits per heavy atom. The molecule has 0 aromatic carbocycles. The van der Waals surface area contributed by atoms with E-state index in [-0.39, 0.29) is 5.41 Å². The highest BCUT2D eigenvalue weighted by Gasteiger charge is 2.45. The minimum Gasteiger partial charge on any atom is -0.360 e. The summed E-state index contributed by atoms with van der Waals surface area (Å²) in [6.45, 7) is 9.51. The highest BCUT2D eigenvalue weighted by atomic mass is 28.3. The molecule has 35 heavy (non-hydrogen) atoms. The zero-order valence-electron chi connectivity index (χ0n) is 21.7. The van der Waals surface area contributed by atoms with Crippen LogP contribution in [0.2, 0.25) is 25.7 Å². The normalized spacial score (nSPS) is 20.1. The van der Waals surface area contributed by atoms with Crippen LogP contribution in [0.3, 0.4) is 0 Å². The molecular formula is C27H41N5O2Si. The van der Waals surface area contributed by atoms with Gasteiger partial charge < -0.3 is 15.0 Å². The molecule has 190 valence electrons. The van der Waals surface area contributed by atoms with Gasteiger partial charge in [-0.3, -0.25) is 4.79 Å². The summed E-state index contributed by atoms with van der Waals surface area (Å²) in [6.07, 6.45) is 9.80. The SMILES string of the molecule is C[Si](C)(C)CCOCn1nc2c3c1CN(C3)C(=O)C1(CCCCCc3cccc(n3)N2)CCCC1. The van der Waals surface area contributed by atoms with Gasteiger partial charge >= 0.3 is 0 Å². The number of pyridine rings is 1. The molecule has 1 amide bonds. The number of carbonyl (C=O) groups excluding carboxylic acids is 1. The Morgan fingerprint density at radius 2 is 1.83 bits per heavy atom. The zero-order valence-corrected chi connectivity index (χ0v) is 22.7. The predicted octanol–water partition coefficient (Wildman–Crippen LogP) is 5.85. The predicted molar refractivity (Wildman–Crippen MR) is 141 cm³/mol. The largest absolute Gasteiger partial charge is 0.360 e. The quantitative estimate of drug-likeness (QED) is 0.416. The maximum absolute atomic E-state index is 14.0. The summed E-state index contributed by atoms with van der Waals surface area (Å²) in [5.74, 6) is 1.99. The van der Waals surface area contributed by atoms with Crippen LogP contribution in [-0.4, -0.2) is 40.3 Å². The van der Waals surface area contributed by atoms with Crippen LogP contribution in [0.4, 0.5) is 11.6 Å². The van der Waals surface area contributed by atoms with Gasteiger partial charge in [-0.25, -0.2) is 9.67 Å². The van der Waals surface area contributed by atoms with Crippen molar-refractivity contribution >= 4 is 25.6 Å².